The average Bonchev–Trinajstić information content (AvgIpc) is 3.28. The second kappa shape index (κ2) is 5.08. The number of hydrogen-bond donors (Lipinski definition) is 0. The van der Waals surface area contributed by atoms with E-state index in [9.17, 15) is 4.79 Å². The van der Waals surface area contributed by atoms with Gasteiger partial charge in [-0.05, 0) is 43.2 Å². The summed E-state index contributed by atoms with van der Waals surface area (Å²) in [4.78, 5) is 12.7. The maximum Gasteiger partial charge on any atom is 0.166 e. The monoisotopic (exact) mass is 294 g/mol. The molecule has 2 aliphatic rings. The standard InChI is InChI=1S/C19H22N2O/c1-12(2)14-10-16-18(17(22)11-14)19(13-8-9-13)20-21(16)15-6-4-3-5-7-15/h3-7,12-14H,8-11H2,1-2H3. The van der Waals surface area contributed by atoms with Gasteiger partial charge in [0.05, 0.1) is 22.6 Å². The van der Waals surface area contributed by atoms with Crippen LogP contribution in [0.5, 0.6) is 0 Å². The number of fused-ring (bicyclic) bond motifs is 1. The number of benzene rings is 1. The van der Waals surface area contributed by atoms with Crippen LogP contribution in [0.15, 0.2) is 30.3 Å². The van der Waals surface area contributed by atoms with Crippen molar-refractivity contribution in [1.29, 1.82) is 0 Å². The Bertz CT molecular complexity index is 711. The molecular formula is C19H22N2O. The zero-order valence-electron chi connectivity index (χ0n) is 13.2. The second-order valence-corrected chi connectivity index (χ2v) is 7.06. The first-order chi connectivity index (χ1) is 10.6. The molecule has 1 aromatic carbocycles. The maximum atomic E-state index is 12.7. The molecule has 1 fully saturated rings. The summed E-state index contributed by atoms with van der Waals surface area (Å²) in [5.41, 5.74) is 4.22. The van der Waals surface area contributed by atoms with Crippen LogP contribution in [0.4, 0.5) is 0 Å². The van der Waals surface area contributed by atoms with E-state index in [0.717, 1.165) is 29.1 Å². The highest BCUT2D eigenvalue weighted by Crippen LogP contribution is 2.44. The van der Waals surface area contributed by atoms with Crippen molar-refractivity contribution >= 4 is 5.78 Å². The summed E-state index contributed by atoms with van der Waals surface area (Å²) in [7, 11) is 0. The molecule has 1 aromatic heterocycles. The van der Waals surface area contributed by atoms with Crippen molar-refractivity contribution in [2.24, 2.45) is 11.8 Å². The van der Waals surface area contributed by atoms with Crippen LogP contribution in [0, 0.1) is 11.8 Å². The van der Waals surface area contributed by atoms with Gasteiger partial charge in [-0.2, -0.15) is 5.10 Å². The number of rotatable bonds is 3. The Morgan fingerprint density at radius 1 is 1.14 bits per heavy atom. The van der Waals surface area contributed by atoms with Crippen LogP contribution in [-0.2, 0) is 6.42 Å². The average molecular weight is 294 g/mol. The molecule has 3 heteroatoms. The number of carbonyl (C=O) groups is 1. The summed E-state index contributed by atoms with van der Waals surface area (Å²) in [6, 6.07) is 10.2. The number of nitrogens with zero attached hydrogens (tertiary/aromatic N) is 2. The highest BCUT2D eigenvalue weighted by Gasteiger charge is 2.38. The lowest BCUT2D eigenvalue weighted by Gasteiger charge is -2.25. The van der Waals surface area contributed by atoms with Crippen LogP contribution in [0.1, 0.15) is 60.8 Å². The quantitative estimate of drug-likeness (QED) is 0.852. The van der Waals surface area contributed by atoms with Gasteiger partial charge < -0.3 is 0 Å². The van der Waals surface area contributed by atoms with Gasteiger partial charge in [-0.1, -0.05) is 32.0 Å². The van der Waals surface area contributed by atoms with E-state index in [2.05, 4.69) is 26.0 Å². The second-order valence-electron chi connectivity index (χ2n) is 7.06. The zero-order chi connectivity index (χ0) is 15.3. The van der Waals surface area contributed by atoms with Gasteiger partial charge >= 0.3 is 0 Å². The predicted octanol–water partition coefficient (Wildman–Crippen LogP) is 4.15. The summed E-state index contributed by atoms with van der Waals surface area (Å²) in [5, 5.41) is 4.86. The Balaban J connectivity index is 1.86. The van der Waals surface area contributed by atoms with Crippen molar-refractivity contribution < 1.29 is 4.79 Å². The molecule has 1 heterocycles. The van der Waals surface area contributed by atoms with Crippen LogP contribution >= 0.6 is 0 Å². The molecular weight excluding hydrogens is 272 g/mol. The number of carbonyl (C=O) groups excluding carboxylic acids is 1. The number of aromatic nitrogens is 2. The molecule has 0 spiro atoms. The Morgan fingerprint density at radius 2 is 1.86 bits per heavy atom. The van der Waals surface area contributed by atoms with Crippen molar-refractivity contribution in [3.05, 3.63) is 47.3 Å². The fraction of sp³-hybridized carbons (Fsp3) is 0.474. The molecule has 2 aromatic rings. The van der Waals surface area contributed by atoms with Crippen molar-refractivity contribution in [2.75, 3.05) is 0 Å². The van der Waals surface area contributed by atoms with Crippen molar-refractivity contribution in [1.82, 2.24) is 9.78 Å². The van der Waals surface area contributed by atoms with Gasteiger partial charge in [0, 0.05) is 12.3 Å². The molecule has 114 valence electrons. The molecule has 3 nitrogen and oxygen atoms in total. The molecule has 1 unspecified atom stereocenters. The largest absolute Gasteiger partial charge is 0.294 e. The van der Waals surface area contributed by atoms with E-state index in [4.69, 9.17) is 5.10 Å². The normalized spacial score (nSPS) is 21.2. The fourth-order valence-corrected chi connectivity index (χ4v) is 3.52. The molecule has 0 radical (unpaired) electrons. The third-order valence-corrected chi connectivity index (χ3v) is 5.10. The molecule has 0 N–H and O–H groups in total. The maximum absolute atomic E-state index is 12.7. The van der Waals surface area contributed by atoms with Gasteiger partial charge in [-0.15, -0.1) is 0 Å². The van der Waals surface area contributed by atoms with E-state index in [0.29, 0.717) is 30.0 Å². The van der Waals surface area contributed by atoms with E-state index in [1.807, 2.05) is 22.9 Å². The Hall–Kier alpha value is -1.90. The number of hydrogen-bond acceptors (Lipinski definition) is 2. The molecule has 0 saturated heterocycles. The van der Waals surface area contributed by atoms with E-state index in [-0.39, 0.29) is 0 Å². The highest BCUT2D eigenvalue weighted by molar-refractivity contribution is 6.00. The minimum absolute atomic E-state index is 0.309. The van der Waals surface area contributed by atoms with E-state index in [1.165, 1.54) is 12.8 Å². The predicted molar refractivity (Wildman–Crippen MR) is 86.5 cm³/mol. The zero-order valence-corrected chi connectivity index (χ0v) is 13.2. The Kier molecular flexibility index (Phi) is 3.17. The minimum Gasteiger partial charge on any atom is -0.294 e. The van der Waals surface area contributed by atoms with Crippen molar-refractivity contribution in [3.8, 4) is 5.69 Å². The fourth-order valence-electron chi connectivity index (χ4n) is 3.52. The minimum atomic E-state index is 0.309. The van der Waals surface area contributed by atoms with Crippen LogP contribution in [0.2, 0.25) is 0 Å². The topological polar surface area (TPSA) is 34.9 Å². The third kappa shape index (κ3) is 2.20. The lowest BCUT2D eigenvalue weighted by Crippen LogP contribution is -2.25. The van der Waals surface area contributed by atoms with Crippen LogP contribution < -0.4 is 0 Å². The van der Waals surface area contributed by atoms with Gasteiger partial charge in [-0.3, -0.25) is 4.79 Å². The summed E-state index contributed by atoms with van der Waals surface area (Å²) in [5.74, 6) is 1.79. The number of para-hydroxylation sites is 1. The van der Waals surface area contributed by atoms with Crippen LogP contribution in [-0.4, -0.2) is 15.6 Å². The van der Waals surface area contributed by atoms with Gasteiger partial charge in [0.25, 0.3) is 0 Å². The lowest BCUT2D eigenvalue weighted by atomic mass is 9.79. The van der Waals surface area contributed by atoms with Gasteiger partial charge in [0.15, 0.2) is 5.78 Å². The van der Waals surface area contributed by atoms with Crippen molar-refractivity contribution in [2.45, 2.75) is 45.4 Å². The molecule has 1 saturated carbocycles. The van der Waals surface area contributed by atoms with Crippen LogP contribution in [0.25, 0.3) is 5.69 Å². The van der Waals surface area contributed by atoms with E-state index in [1.54, 1.807) is 0 Å². The SMILES string of the molecule is CC(C)C1CC(=O)c2c(C3CC3)nn(-c3ccccc3)c2C1. The molecule has 0 bridgehead atoms. The number of Topliss-reactive ketones (excluding diaryl/α,β-unsaturated/α-hetero) is 1. The van der Waals surface area contributed by atoms with Gasteiger partial charge in [0.1, 0.15) is 0 Å². The van der Waals surface area contributed by atoms with Gasteiger partial charge in [0.2, 0.25) is 0 Å². The Morgan fingerprint density at radius 3 is 2.50 bits per heavy atom. The van der Waals surface area contributed by atoms with E-state index < -0.39 is 0 Å². The van der Waals surface area contributed by atoms with E-state index >= 15 is 0 Å². The summed E-state index contributed by atoms with van der Waals surface area (Å²) in [6.45, 7) is 4.43. The van der Waals surface area contributed by atoms with Crippen molar-refractivity contribution in [3.63, 3.8) is 0 Å². The molecule has 4 rings (SSSR count). The molecule has 0 aliphatic heterocycles. The smallest absolute Gasteiger partial charge is 0.166 e. The molecule has 2 aliphatic carbocycles. The van der Waals surface area contributed by atoms with Crippen LogP contribution in [0.3, 0.4) is 0 Å². The number of ketones is 1. The molecule has 1 atom stereocenters. The summed E-state index contributed by atoms with van der Waals surface area (Å²) in [6.07, 6.45) is 4.01. The highest BCUT2D eigenvalue weighted by atomic mass is 16.1. The first-order valence-corrected chi connectivity index (χ1v) is 8.35. The Labute approximate surface area is 131 Å². The first kappa shape index (κ1) is 13.7. The third-order valence-electron chi connectivity index (χ3n) is 5.10. The molecule has 22 heavy (non-hydrogen) atoms. The van der Waals surface area contributed by atoms with Gasteiger partial charge in [-0.25, -0.2) is 4.68 Å². The first-order valence-electron chi connectivity index (χ1n) is 8.35. The summed E-state index contributed by atoms with van der Waals surface area (Å²) >= 11 is 0. The summed E-state index contributed by atoms with van der Waals surface area (Å²) < 4.78 is 2.04. The lowest BCUT2D eigenvalue weighted by molar-refractivity contribution is 0.0931. The molecule has 0 amide bonds.